The van der Waals surface area contributed by atoms with Gasteiger partial charge in [0.25, 0.3) is 5.91 Å². The summed E-state index contributed by atoms with van der Waals surface area (Å²) in [5.74, 6) is 0.741. The van der Waals surface area contributed by atoms with Crippen LogP contribution in [0.4, 0.5) is 0 Å². The fraction of sp³-hybridized carbons (Fsp3) is 0.526. The highest BCUT2D eigenvalue weighted by Crippen LogP contribution is 2.37. The summed E-state index contributed by atoms with van der Waals surface area (Å²) in [5.41, 5.74) is 2.20. The maximum absolute atomic E-state index is 12.6. The van der Waals surface area contributed by atoms with E-state index in [0.717, 1.165) is 43.1 Å². The van der Waals surface area contributed by atoms with E-state index < -0.39 is 0 Å². The standard InChI is InChI=1S/C19H22N4O2/c24-19(13-3-4-16-17(7-13)21-6-5-20-16)22-14-8-15-11-25-18(12-1-2-12)10-23(15)9-14/h3-7,12,14-15,18H,1-2,8-11H2,(H,22,24)/t14-,15+,18-/m1/s1. The van der Waals surface area contributed by atoms with Crippen LogP contribution in [0.25, 0.3) is 11.0 Å². The molecule has 25 heavy (non-hydrogen) atoms. The van der Waals surface area contributed by atoms with Crippen LogP contribution in [-0.2, 0) is 4.74 Å². The minimum Gasteiger partial charge on any atom is -0.375 e. The molecule has 0 radical (unpaired) electrons. The van der Waals surface area contributed by atoms with Crippen molar-refractivity contribution in [2.45, 2.75) is 37.5 Å². The molecule has 2 saturated heterocycles. The minimum atomic E-state index is -0.0305. The van der Waals surface area contributed by atoms with Gasteiger partial charge in [0, 0.05) is 43.1 Å². The van der Waals surface area contributed by atoms with Crippen LogP contribution in [0.1, 0.15) is 29.6 Å². The molecule has 1 amide bonds. The van der Waals surface area contributed by atoms with Gasteiger partial charge in [-0.05, 0) is 43.4 Å². The van der Waals surface area contributed by atoms with E-state index in [0.29, 0.717) is 17.7 Å². The van der Waals surface area contributed by atoms with Crippen LogP contribution in [0.5, 0.6) is 0 Å². The number of rotatable bonds is 3. The molecule has 1 aromatic heterocycles. The lowest BCUT2D eigenvalue weighted by atomic mass is 10.1. The van der Waals surface area contributed by atoms with Crippen molar-refractivity contribution in [2.24, 2.45) is 5.92 Å². The molecule has 1 saturated carbocycles. The smallest absolute Gasteiger partial charge is 0.251 e. The van der Waals surface area contributed by atoms with Crippen molar-refractivity contribution in [2.75, 3.05) is 19.7 Å². The fourth-order valence-electron chi connectivity index (χ4n) is 4.13. The van der Waals surface area contributed by atoms with Gasteiger partial charge in [0.15, 0.2) is 0 Å². The Morgan fingerprint density at radius 3 is 2.84 bits per heavy atom. The summed E-state index contributed by atoms with van der Waals surface area (Å²) in [6.07, 6.45) is 7.31. The molecule has 5 rings (SSSR count). The second kappa shape index (κ2) is 6.04. The van der Waals surface area contributed by atoms with Crippen molar-refractivity contribution in [1.82, 2.24) is 20.2 Å². The lowest BCUT2D eigenvalue weighted by Gasteiger charge is -2.35. The van der Waals surface area contributed by atoms with Crippen molar-refractivity contribution >= 4 is 16.9 Å². The van der Waals surface area contributed by atoms with Gasteiger partial charge in [-0.1, -0.05) is 0 Å². The molecule has 0 unspecified atom stereocenters. The number of amides is 1. The van der Waals surface area contributed by atoms with Gasteiger partial charge < -0.3 is 10.1 Å². The molecule has 3 fully saturated rings. The van der Waals surface area contributed by atoms with Gasteiger partial charge in [0.2, 0.25) is 0 Å². The van der Waals surface area contributed by atoms with Crippen molar-refractivity contribution in [3.05, 3.63) is 36.2 Å². The largest absolute Gasteiger partial charge is 0.375 e. The Kier molecular flexibility index (Phi) is 3.68. The molecule has 1 aliphatic carbocycles. The van der Waals surface area contributed by atoms with Gasteiger partial charge in [0.1, 0.15) is 0 Å². The summed E-state index contributed by atoms with van der Waals surface area (Å²) in [7, 11) is 0. The molecule has 1 aromatic carbocycles. The Morgan fingerprint density at radius 2 is 2.00 bits per heavy atom. The molecule has 3 atom stereocenters. The Balaban J connectivity index is 1.25. The SMILES string of the molecule is O=C(N[C@@H]1C[C@H]2CO[C@@H](C3CC3)CN2C1)c1ccc2nccnc2c1. The quantitative estimate of drug-likeness (QED) is 0.921. The maximum atomic E-state index is 12.6. The number of ether oxygens (including phenoxy) is 1. The van der Waals surface area contributed by atoms with E-state index in [4.69, 9.17) is 4.74 Å². The van der Waals surface area contributed by atoms with E-state index in [1.165, 1.54) is 12.8 Å². The van der Waals surface area contributed by atoms with Crippen LogP contribution in [0.3, 0.4) is 0 Å². The number of nitrogens with zero attached hydrogens (tertiary/aromatic N) is 3. The molecule has 3 aliphatic rings. The first-order valence-electron chi connectivity index (χ1n) is 9.13. The number of aromatic nitrogens is 2. The Labute approximate surface area is 146 Å². The third-order valence-corrected chi connectivity index (χ3v) is 5.66. The number of nitrogens with one attached hydrogen (secondary N) is 1. The van der Waals surface area contributed by atoms with Crippen molar-refractivity contribution in [3.63, 3.8) is 0 Å². The van der Waals surface area contributed by atoms with Crippen LogP contribution in [0.15, 0.2) is 30.6 Å². The van der Waals surface area contributed by atoms with Crippen LogP contribution in [0.2, 0.25) is 0 Å². The summed E-state index contributed by atoms with van der Waals surface area (Å²) in [6.45, 7) is 2.75. The van der Waals surface area contributed by atoms with E-state index >= 15 is 0 Å². The molecule has 6 heteroatoms. The van der Waals surface area contributed by atoms with E-state index in [2.05, 4.69) is 20.2 Å². The average Bonchev–Trinajstić information content (AvgIpc) is 3.41. The number of carbonyl (C=O) groups is 1. The first-order chi connectivity index (χ1) is 12.3. The summed E-state index contributed by atoms with van der Waals surface area (Å²) < 4.78 is 6.03. The van der Waals surface area contributed by atoms with E-state index in [9.17, 15) is 4.79 Å². The second-order valence-corrected chi connectivity index (χ2v) is 7.48. The van der Waals surface area contributed by atoms with Gasteiger partial charge in [-0.2, -0.15) is 0 Å². The highest BCUT2D eigenvalue weighted by atomic mass is 16.5. The van der Waals surface area contributed by atoms with Crippen molar-refractivity contribution in [3.8, 4) is 0 Å². The molecule has 1 N–H and O–H groups in total. The minimum absolute atomic E-state index is 0.0305. The predicted octanol–water partition coefficient (Wildman–Crippen LogP) is 1.61. The molecule has 130 valence electrons. The molecule has 0 bridgehead atoms. The van der Waals surface area contributed by atoms with Gasteiger partial charge in [-0.3, -0.25) is 19.7 Å². The Morgan fingerprint density at radius 1 is 1.16 bits per heavy atom. The molecule has 3 heterocycles. The first-order valence-corrected chi connectivity index (χ1v) is 9.13. The molecular formula is C19H22N4O2. The second-order valence-electron chi connectivity index (χ2n) is 7.48. The number of benzene rings is 1. The van der Waals surface area contributed by atoms with Gasteiger partial charge >= 0.3 is 0 Å². The maximum Gasteiger partial charge on any atom is 0.251 e. The van der Waals surface area contributed by atoms with Crippen LogP contribution < -0.4 is 5.32 Å². The van der Waals surface area contributed by atoms with E-state index in [1.807, 2.05) is 18.2 Å². The molecule has 2 aliphatic heterocycles. The highest BCUT2D eigenvalue weighted by Gasteiger charge is 2.42. The highest BCUT2D eigenvalue weighted by molar-refractivity contribution is 5.97. The van der Waals surface area contributed by atoms with Crippen molar-refractivity contribution in [1.29, 1.82) is 0 Å². The van der Waals surface area contributed by atoms with Gasteiger partial charge in [-0.25, -0.2) is 0 Å². The zero-order chi connectivity index (χ0) is 16.8. The topological polar surface area (TPSA) is 67.3 Å². The number of morpholine rings is 1. The first kappa shape index (κ1) is 15.2. The van der Waals surface area contributed by atoms with Crippen LogP contribution in [-0.4, -0.2) is 58.7 Å². The Hall–Kier alpha value is -2.05. The molecular weight excluding hydrogens is 316 g/mol. The summed E-state index contributed by atoms with van der Waals surface area (Å²) in [5, 5.41) is 3.19. The average molecular weight is 338 g/mol. The number of fused-ring (bicyclic) bond motifs is 2. The van der Waals surface area contributed by atoms with Gasteiger partial charge in [0.05, 0.1) is 23.7 Å². The van der Waals surface area contributed by atoms with E-state index in [-0.39, 0.29) is 11.9 Å². The third-order valence-electron chi connectivity index (χ3n) is 5.66. The number of hydrogen-bond acceptors (Lipinski definition) is 5. The van der Waals surface area contributed by atoms with Gasteiger partial charge in [-0.15, -0.1) is 0 Å². The monoisotopic (exact) mass is 338 g/mol. The Bertz CT molecular complexity index is 807. The molecule has 6 nitrogen and oxygen atoms in total. The summed E-state index contributed by atoms with van der Waals surface area (Å²) in [4.78, 5) is 23.7. The number of carbonyl (C=O) groups excluding carboxylic acids is 1. The third kappa shape index (κ3) is 3.00. The normalized spacial score (nSPS) is 29.5. The predicted molar refractivity (Wildman–Crippen MR) is 93.2 cm³/mol. The molecule has 0 spiro atoms. The van der Waals surface area contributed by atoms with Crippen LogP contribution in [0, 0.1) is 5.92 Å². The fourth-order valence-corrected chi connectivity index (χ4v) is 4.13. The zero-order valence-electron chi connectivity index (χ0n) is 14.1. The number of hydrogen-bond donors (Lipinski definition) is 1. The molecule has 2 aromatic rings. The van der Waals surface area contributed by atoms with E-state index in [1.54, 1.807) is 12.4 Å². The van der Waals surface area contributed by atoms with Crippen LogP contribution >= 0.6 is 0 Å². The zero-order valence-corrected chi connectivity index (χ0v) is 14.1. The summed E-state index contributed by atoms with van der Waals surface area (Å²) in [6, 6.07) is 6.12. The lowest BCUT2D eigenvalue weighted by molar-refractivity contribution is -0.0581. The van der Waals surface area contributed by atoms with Crippen molar-refractivity contribution < 1.29 is 9.53 Å². The summed E-state index contributed by atoms with van der Waals surface area (Å²) >= 11 is 0. The lowest BCUT2D eigenvalue weighted by Crippen LogP contribution is -2.47.